The lowest BCUT2D eigenvalue weighted by atomic mass is 10.1. The Labute approximate surface area is 156 Å². The lowest BCUT2D eigenvalue weighted by Gasteiger charge is -2.09. The number of hydrogen-bond donors (Lipinski definition) is 2. The van der Waals surface area contributed by atoms with Gasteiger partial charge in [-0.3, -0.25) is 14.4 Å². The highest BCUT2D eigenvalue weighted by Gasteiger charge is 2.09. The maximum atomic E-state index is 12.4. The summed E-state index contributed by atoms with van der Waals surface area (Å²) in [4.78, 5) is 36.5. The molecule has 0 unspecified atom stereocenters. The first kappa shape index (κ1) is 18.3. The van der Waals surface area contributed by atoms with Gasteiger partial charge in [-0.25, -0.2) is 4.68 Å². The van der Waals surface area contributed by atoms with Crippen molar-refractivity contribution >= 4 is 22.6 Å². The predicted molar refractivity (Wildman–Crippen MR) is 102 cm³/mol. The number of nitrogens with one attached hydrogen (secondary N) is 2. The molecular formula is C20H20N4O3. The number of aromatic nitrogens is 2. The van der Waals surface area contributed by atoms with Crippen LogP contribution in [0.25, 0.3) is 10.8 Å². The van der Waals surface area contributed by atoms with E-state index in [9.17, 15) is 14.4 Å². The Morgan fingerprint density at radius 1 is 1.07 bits per heavy atom. The van der Waals surface area contributed by atoms with Gasteiger partial charge in [-0.1, -0.05) is 30.3 Å². The number of fused-ring (bicyclic) bond motifs is 1. The Hall–Kier alpha value is -3.48. The van der Waals surface area contributed by atoms with E-state index in [4.69, 9.17) is 0 Å². The largest absolute Gasteiger partial charge is 0.352 e. The van der Waals surface area contributed by atoms with Crippen molar-refractivity contribution in [3.63, 3.8) is 0 Å². The summed E-state index contributed by atoms with van der Waals surface area (Å²) in [6, 6.07) is 14.1. The van der Waals surface area contributed by atoms with Crippen LogP contribution < -0.4 is 16.2 Å². The fourth-order valence-electron chi connectivity index (χ4n) is 2.72. The molecule has 0 saturated heterocycles. The molecule has 0 saturated carbocycles. The number of carbonyl (C=O) groups is 2. The molecule has 1 aromatic heterocycles. The highest BCUT2D eigenvalue weighted by molar-refractivity contribution is 5.94. The highest BCUT2D eigenvalue weighted by Crippen LogP contribution is 2.07. The minimum absolute atomic E-state index is 0.155. The summed E-state index contributed by atoms with van der Waals surface area (Å²) in [5.74, 6) is -0.485. The molecule has 138 valence electrons. The zero-order chi connectivity index (χ0) is 19.2. The molecule has 2 N–H and O–H groups in total. The van der Waals surface area contributed by atoms with Gasteiger partial charge in [0.05, 0.1) is 11.6 Å². The van der Waals surface area contributed by atoms with E-state index >= 15 is 0 Å². The van der Waals surface area contributed by atoms with Crippen LogP contribution in [0.3, 0.4) is 0 Å². The van der Waals surface area contributed by atoms with Gasteiger partial charge in [0.15, 0.2) is 0 Å². The second-order valence-corrected chi connectivity index (χ2v) is 6.03. The first-order valence-electron chi connectivity index (χ1n) is 8.67. The van der Waals surface area contributed by atoms with Gasteiger partial charge >= 0.3 is 0 Å². The van der Waals surface area contributed by atoms with Gasteiger partial charge in [-0.15, -0.1) is 0 Å². The summed E-state index contributed by atoms with van der Waals surface area (Å²) >= 11 is 0. The number of hydrogen-bond acceptors (Lipinski definition) is 4. The van der Waals surface area contributed by atoms with Crippen LogP contribution in [-0.4, -0.2) is 28.1 Å². The fourth-order valence-corrected chi connectivity index (χ4v) is 2.72. The minimum atomic E-state index is -0.330. The second kappa shape index (κ2) is 8.27. The molecule has 0 aliphatic carbocycles. The van der Waals surface area contributed by atoms with Crippen LogP contribution in [-0.2, 0) is 17.9 Å². The summed E-state index contributed by atoms with van der Waals surface area (Å²) < 4.78 is 1.14. The molecule has 7 nitrogen and oxygen atoms in total. The van der Waals surface area contributed by atoms with E-state index in [-0.39, 0.29) is 30.5 Å². The first-order valence-corrected chi connectivity index (χ1v) is 8.67. The molecule has 1 heterocycles. The number of benzene rings is 2. The van der Waals surface area contributed by atoms with Crippen LogP contribution in [0.5, 0.6) is 0 Å². The van der Waals surface area contributed by atoms with Crippen molar-refractivity contribution in [2.75, 3.05) is 6.54 Å². The van der Waals surface area contributed by atoms with Crippen molar-refractivity contribution in [1.82, 2.24) is 20.4 Å². The van der Waals surface area contributed by atoms with Crippen LogP contribution in [0.2, 0.25) is 0 Å². The molecule has 0 bridgehead atoms. The van der Waals surface area contributed by atoms with Gasteiger partial charge in [0.25, 0.3) is 11.5 Å². The third kappa shape index (κ3) is 4.38. The van der Waals surface area contributed by atoms with E-state index in [1.54, 1.807) is 42.6 Å². The molecule has 2 aromatic carbocycles. The molecule has 0 atom stereocenters. The van der Waals surface area contributed by atoms with Gasteiger partial charge in [-0.05, 0) is 30.7 Å². The van der Waals surface area contributed by atoms with Gasteiger partial charge < -0.3 is 10.6 Å². The van der Waals surface area contributed by atoms with Crippen molar-refractivity contribution in [3.05, 3.63) is 76.2 Å². The number of carbonyl (C=O) groups excluding carboxylic acids is 2. The Kier molecular flexibility index (Phi) is 5.61. The van der Waals surface area contributed by atoms with Gasteiger partial charge in [0.2, 0.25) is 5.91 Å². The molecule has 0 fully saturated rings. The molecule has 0 radical (unpaired) electrons. The van der Waals surface area contributed by atoms with E-state index in [1.165, 1.54) is 0 Å². The SMILES string of the molecule is CCNC(=O)c1cccc(CNC(=O)Cn2ncc3ccccc3c2=O)c1. The van der Waals surface area contributed by atoms with E-state index in [0.29, 0.717) is 17.5 Å². The first-order chi connectivity index (χ1) is 13.1. The maximum absolute atomic E-state index is 12.4. The molecule has 27 heavy (non-hydrogen) atoms. The lowest BCUT2D eigenvalue weighted by molar-refractivity contribution is -0.122. The van der Waals surface area contributed by atoms with E-state index in [1.807, 2.05) is 19.1 Å². The Morgan fingerprint density at radius 3 is 2.70 bits per heavy atom. The molecule has 0 aliphatic heterocycles. The average Bonchev–Trinajstić information content (AvgIpc) is 2.69. The Bertz CT molecular complexity index is 1040. The second-order valence-electron chi connectivity index (χ2n) is 6.03. The highest BCUT2D eigenvalue weighted by atomic mass is 16.2. The van der Waals surface area contributed by atoms with Crippen LogP contribution in [0.15, 0.2) is 59.5 Å². The van der Waals surface area contributed by atoms with Crippen LogP contribution in [0.4, 0.5) is 0 Å². The van der Waals surface area contributed by atoms with Crippen molar-refractivity contribution in [2.45, 2.75) is 20.0 Å². The van der Waals surface area contributed by atoms with Crippen LogP contribution in [0, 0.1) is 0 Å². The monoisotopic (exact) mass is 364 g/mol. The summed E-state index contributed by atoms with van der Waals surface area (Å²) in [7, 11) is 0. The maximum Gasteiger partial charge on any atom is 0.275 e. The molecule has 7 heteroatoms. The Morgan fingerprint density at radius 2 is 1.89 bits per heavy atom. The topological polar surface area (TPSA) is 93.1 Å². The summed E-state index contributed by atoms with van der Waals surface area (Å²) in [5, 5.41) is 10.8. The van der Waals surface area contributed by atoms with Crippen molar-refractivity contribution < 1.29 is 9.59 Å². The minimum Gasteiger partial charge on any atom is -0.352 e. The zero-order valence-electron chi connectivity index (χ0n) is 14.9. The predicted octanol–water partition coefficient (Wildman–Crippen LogP) is 1.46. The third-order valence-electron chi connectivity index (χ3n) is 4.07. The zero-order valence-corrected chi connectivity index (χ0v) is 14.9. The van der Waals surface area contributed by atoms with Crippen molar-refractivity contribution in [3.8, 4) is 0 Å². The van der Waals surface area contributed by atoms with E-state index < -0.39 is 0 Å². The summed E-state index contributed by atoms with van der Waals surface area (Å²) in [6.45, 7) is 2.49. The van der Waals surface area contributed by atoms with Gasteiger partial charge in [0.1, 0.15) is 6.54 Å². The molecule has 2 amide bonds. The van der Waals surface area contributed by atoms with Gasteiger partial charge in [-0.2, -0.15) is 5.10 Å². The average molecular weight is 364 g/mol. The normalized spacial score (nSPS) is 10.6. The quantitative estimate of drug-likeness (QED) is 0.693. The van der Waals surface area contributed by atoms with Crippen LogP contribution in [0.1, 0.15) is 22.8 Å². The Balaban J connectivity index is 1.65. The smallest absolute Gasteiger partial charge is 0.275 e. The number of nitrogens with zero attached hydrogens (tertiary/aromatic N) is 2. The summed E-state index contributed by atoms with van der Waals surface area (Å²) in [6.07, 6.45) is 1.57. The molecule has 0 aliphatic rings. The van der Waals surface area contributed by atoms with Crippen LogP contribution >= 0.6 is 0 Å². The van der Waals surface area contributed by atoms with Crippen molar-refractivity contribution in [1.29, 1.82) is 0 Å². The fraction of sp³-hybridized carbons (Fsp3) is 0.200. The lowest BCUT2D eigenvalue weighted by Crippen LogP contribution is -2.33. The van der Waals surface area contributed by atoms with E-state index in [0.717, 1.165) is 15.6 Å². The van der Waals surface area contributed by atoms with Gasteiger partial charge in [0, 0.05) is 24.0 Å². The standard InChI is InChI=1S/C20H20N4O3/c1-2-21-19(26)15-8-5-6-14(10-15)11-22-18(25)13-24-20(27)17-9-4-3-7-16(17)12-23-24/h3-10,12H,2,11,13H2,1H3,(H,21,26)(H,22,25). The van der Waals surface area contributed by atoms with Crippen molar-refractivity contribution in [2.24, 2.45) is 0 Å². The van der Waals surface area contributed by atoms with E-state index in [2.05, 4.69) is 15.7 Å². The third-order valence-corrected chi connectivity index (χ3v) is 4.07. The summed E-state index contributed by atoms with van der Waals surface area (Å²) in [5.41, 5.74) is 1.03. The molecular weight excluding hydrogens is 344 g/mol. The molecule has 3 rings (SSSR count). The molecule has 0 spiro atoms. The molecule has 3 aromatic rings. The number of rotatable bonds is 6. The number of amides is 2.